The SMILES string of the molecule is C[C@@H](NC(=O)COc1ccc(F)c(F)c1)c1cccc2ccccc12. The Bertz CT molecular complexity index is 906. The van der Waals surface area contributed by atoms with Crippen LogP contribution < -0.4 is 10.1 Å². The van der Waals surface area contributed by atoms with Crippen molar-refractivity contribution in [2.45, 2.75) is 13.0 Å². The molecule has 0 aliphatic rings. The van der Waals surface area contributed by atoms with Gasteiger partial charge < -0.3 is 10.1 Å². The number of amides is 1. The quantitative estimate of drug-likeness (QED) is 0.748. The van der Waals surface area contributed by atoms with E-state index in [2.05, 4.69) is 5.32 Å². The Morgan fingerprint density at radius 1 is 1.04 bits per heavy atom. The molecule has 0 aliphatic heterocycles. The van der Waals surface area contributed by atoms with Gasteiger partial charge in [0.1, 0.15) is 5.75 Å². The number of hydrogen-bond acceptors (Lipinski definition) is 2. The molecule has 5 heteroatoms. The Morgan fingerprint density at radius 2 is 1.80 bits per heavy atom. The van der Waals surface area contributed by atoms with E-state index in [1.807, 2.05) is 49.4 Å². The number of nitrogens with one attached hydrogen (secondary N) is 1. The molecular formula is C20H17F2NO2. The first-order chi connectivity index (χ1) is 12.0. The molecule has 0 radical (unpaired) electrons. The maximum Gasteiger partial charge on any atom is 0.258 e. The van der Waals surface area contributed by atoms with Gasteiger partial charge in [-0.15, -0.1) is 0 Å². The fourth-order valence-corrected chi connectivity index (χ4v) is 2.70. The van der Waals surface area contributed by atoms with E-state index in [9.17, 15) is 13.6 Å². The molecule has 3 aromatic carbocycles. The molecule has 0 saturated heterocycles. The van der Waals surface area contributed by atoms with Crippen molar-refractivity contribution in [3.05, 3.63) is 77.9 Å². The standard InChI is InChI=1S/C20H17F2NO2/c1-13(16-8-4-6-14-5-2-3-7-17(14)16)23-20(24)12-25-15-9-10-18(21)19(22)11-15/h2-11,13H,12H2,1H3,(H,23,24)/t13-/m1/s1. The van der Waals surface area contributed by atoms with E-state index in [1.165, 1.54) is 6.07 Å². The summed E-state index contributed by atoms with van der Waals surface area (Å²) in [5, 5.41) is 5.02. The summed E-state index contributed by atoms with van der Waals surface area (Å²) in [5.41, 5.74) is 0.999. The molecule has 3 aromatic rings. The van der Waals surface area contributed by atoms with Gasteiger partial charge in [-0.2, -0.15) is 0 Å². The zero-order chi connectivity index (χ0) is 17.8. The van der Waals surface area contributed by atoms with Gasteiger partial charge in [0.15, 0.2) is 18.2 Å². The van der Waals surface area contributed by atoms with Crippen molar-refractivity contribution in [3.63, 3.8) is 0 Å². The number of fused-ring (bicyclic) bond motifs is 1. The number of hydrogen-bond donors (Lipinski definition) is 1. The minimum atomic E-state index is -1.01. The predicted octanol–water partition coefficient (Wildman–Crippen LogP) is 4.37. The lowest BCUT2D eigenvalue weighted by atomic mass is 10.00. The van der Waals surface area contributed by atoms with Crippen molar-refractivity contribution < 1.29 is 18.3 Å². The average Bonchev–Trinajstić information content (AvgIpc) is 2.62. The van der Waals surface area contributed by atoms with Crippen LogP contribution in [0.1, 0.15) is 18.5 Å². The first-order valence-electron chi connectivity index (χ1n) is 7.89. The minimum Gasteiger partial charge on any atom is -0.484 e. The van der Waals surface area contributed by atoms with Gasteiger partial charge in [-0.05, 0) is 35.4 Å². The Kier molecular flexibility index (Phi) is 4.93. The Morgan fingerprint density at radius 3 is 2.60 bits per heavy atom. The van der Waals surface area contributed by atoms with E-state index < -0.39 is 11.6 Å². The maximum absolute atomic E-state index is 13.1. The molecule has 0 spiro atoms. The minimum absolute atomic E-state index is 0.104. The summed E-state index contributed by atoms with van der Waals surface area (Å²) in [6, 6.07) is 16.8. The van der Waals surface area contributed by atoms with Gasteiger partial charge in [-0.1, -0.05) is 42.5 Å². The largest absolute Gasteiger partial charge is 0.484 e. The molecule has 0 saturated carbocycles. The number of halogens is 2. The topological polar surface area (TPSA) is 38.3 Å². The van der Waals surface area contributed by atoms with Crippen LogP contribution in [0.25, 0.3) is 10.8 Å². The number of carbonyl (C=O) groups excluding carboxylic acids is 1. The molecule has 3 nitrogen and oxygen atoms in total. The van der Waals surface area contributed by atoms with E-state index in [1.54, 1.807) is 0 Å². The average molecular weight is 341 g/mol. The summed E-state index contributed by atoms with van der Waals surface area (Å²) < 4.78 is 31.2. The Labute approximate surface area is 144 Å². The smallest absolute Gasteiger partial charge is 0.258 e. The summed E-state index contributed by atoms with van der Waals surface area (Å²) in [6.45, 7) is 1.61. The molecule has 1 amide bonds. The van der Waals surface area contributed by atoms with Gasteiger partial charge in [0.05, 0.1) is 6.04 Å². The second kappa shape index (κ2) is 7.30. The monoisotopic (exact) mass is 341 g/mol. The molecular weight excluding hydrogens is 324 g/mol. The molecule has 1 N–H and O–H groups in total. The van der Waals surface area contributed by atoms with Gasteiger partial charge in [0, 0.05) is 6.07 Å². The van der Waals surface area contributed by atoms with E-state index >= 15 is 0 Å². The van der Waals surface area contributed by atoms with Gasteiger partial charge in [-0.3, -0.25) is 4.79 Å². The number of benzene rings is 3. The molecule has 0 aromatic heterocycles. The fourth-order valence-electron chi connectivity index (χ4n) is 2.70. The summed E-state index contributed by atoms with van der Waals surface area (Å²) in [5.74, 6) is -2.21. The third kappa shape index (κ3) is 3.94. The molecule has 0 heterocycles. The predicted molar refractivity (Wildman–Crippen MR) is 92.4 cm³/mol. The highest BCUT2D eigenvalue weighted by molar-refractivity contribution is 5.87. The van der Waals surface area contributed by atoms with Crippen molar-refractivity contribution in [2.75, 3.05) is 6.61 Å². The van der Waals surface area contributed by atoms with Crippen LogP contribution in [0, 0.1) is 11.6 Å². The van der Waals surface area contributed by atoms with Crippen LogP contribution in [-0.4, -0.2) is 12.5 Å². The van der Waals surface area contributed by atoms with Crippen LogP contribution in [0.2, 0.25) is 0 Å². The summed E-state index contributed by atoms with van der Waals surface area (Å²) in [7, 11) is 0. The summed E-state index contributed by atoms with van der Waals surface area (Å²) >= 11 is 0. The van der Waals surface area contributed by atoms with Gasteiger partial charge >= 0.3 is 0 Å². The van der Waals surface area contributed by atoms with Crippen LogP contribution >= 0.6 is 0 Å². The second-order valence-corrected chi connectivity index (χ2v) is 5.72. The van der Waals surface area contributed by atoms with Crippen LogP contribution in [-0.2, 0) is 4.79 Å². The maximum atomic E-state index is 13.1. The van der Waals surface area contributed by atoms with Crippen LogP contribution in [0.5, 0.6) is 5.75 Å². The lowest BCUT2D eigenvalue weighted by Crippen LogP contribution is -2.31. The normalized spacial score (nSPS) is 12.0. The fraction of sp³-hybridized carbons (Fsp3) is 0.150. The lowest BCUT2D eigenvalue weighted by molar-refractivity contribution is -0.123. The third-order valence-corrected chi connectivity index (χ3v) is 3.93. The first-order valence-corrected chi connectivity index (χ1v) is 7.89. The van der Waals surface area contributed by atoms with E-state index in [0.717, 1.165) is 28.5 Å². The molecule has 1 atom stereocenters. The van der Waals surface area contributed by atoms with Crippen molar-refractivity contribution in [3.8, 4) is 5.75 Å². The number of carbonyl (C=O) groups is 1. The van der Waals surface area contributed by atoms with E-state index in [4.69, 9.17) is 4.74 Å². The zero-order valence-corrected chi connectivity index (χ0v) is 13.6. The molecule has 0 fully saturated rings. The third-order valence-electron chi connectivity index (χ3n) is 3.93. The van der Waals surface area contributed by atoms with Crippen molar-refractivity contribution in [1.29, 1.82) is 0 Å². The number of rotatable bonds is 5. The molecule has 0 bridgehead atoms. The Balaban J connectivity index is 1.64. The lowest BCUT2D eigenvalue weighted by Gasteiger charge is -2.17. The first kappa shape index (κ1) is 16.9. The Hall–Kier alpha value is -2.95. The highest BCUT2D eigenvalue weighted by Gasteiger charge is 2.13. The van der Waals surface area contributed by atoms with Crippen LogP contribution in [0.15, 0.2) is 60.7 Å². The highest BCUT2D eigenvalue weighted by atomic mass is 19.2. The van der Waals surface area contributed by atoms with Crippen molar-refractivity contribution in [1.82, 2.24) is 5.32 Å². The van der Waals surface area contributed by atoms with Gasteiger partial charge in [0.2, 0.25) is 0 Å². The van der Waals surface area contributed by atoms with Gasteiger partial charge in [-0.25, -0.2) is 8.78 Å². The zero-order valence-electron chi connectivity index (χ0n) is 13.6. The molecule has 25 heavy (non-hydrogen) atoms. The summed E-state index contributed by atoms with van der Waals surface area (Å²) in [4.78, 5) is 12.1. The highest BCUT2D eigenvalue weighted by Crippen LogP contribution is 2.24. The van der Waals surface area contributed by atoms with E-state index in [0.29, 0.717) is 0 Å². The molecule has 3 rings (SSSR count). The van der Waals surface area contributed by atoms with Crippen LogP contribution in [0.3, 0.4) is 0 Å². The second-order valence-electron chi connectivity index (χ2n) is 5.72. The molecule has 128 valence electrons. The molecule has 0 unspecified atom stereocenters. The van der Waals surface area contributed by atoms with Crippen LogP contribution in [0.4, 0.5) is 8.78 Å². The van der Waals surface area contributed by atoms with Crippen molar-refractivity contribution in [2.24, 2.45) is 0 Å². The summed E-state index contributed by atoms with van der Waals surface area (Å²) in [6.07, 6.45) is 0. The van der Waals surface area contributed by atoms with Gasteiger partial charge in [0.25, 0.3) is 5.91 Å². The molecule has 0 aliphatic carbocycles. The van der Waals surface area contributed by atoms with Crippen molar-refractivity contribution >= 4 is 16.7 Å². The van der Waals surface area contributed by atoms with E-state index in [-0.39, 0.29) is 24.3 Å². The number of ether oxygens (including phenoxy) is 1.